The second-order valence-electron chi connectivity index (χ2n) is 4.35. The number of para-hydroxylation sites is 1. The molecule has 0 amide bonds. The summed E-state index contributed by atoms with van der Waals surface area (Å²) in [6.07, 6.45) is 0. The van der Waals surface area contributed by atoms with Crippen molar-refractivity contribution in [3.8, 4) is 6.07 Å². The van der Waals surface area contributed by atoms with Crippen molar-refractivity contribution in [1.29, 1.82) is 5.26 Å². The van der Waals surface area contributed by atoms with Crippen molar-refractivity contribution in [2.45, 2.75) is 6.54 Å². The topological polar surface area (TPSA) is 41.6 Å². The maximum Gasteiger partial charge on any atom is 0.170 e. The first-order valence-corrected chi connectivity index (χ1v) is 5.99. The largest absolute Gasteiger partial charge is 0.256 e. The average Bonchev–Trinajstić information content (AvgIpc) is 2.81. The van der Waals surface area contributed by atoms with E-state index in [0.717, 1.165) is 0 Å². The summed E-state index contributed by atoms with van der Waals surface area (Å²) in [6.45, 7) is 0.0752. The number of halogens is 2. The molecular formula is C15H9F2N3. The monoisotopic (exact) mass is 269 g/mol. The number of aromatic nitrogens is 2. The molecule has 1 aromatic heterocycles. The molecular weight excluding hydrogens is 260 g/mol. The van der Waals surface area contributed by atoms with Crippen molar-refractivity contribution in [2.24, 2.45) is 0 Å². The Kier molecular flexibility index (Phi) is 2.92. The first-order valence-electron chi connectivity index (χ1n) is 5.99. The zero-order valence-electron chi connectivity index (χ0n) is 10.3. The Hall–Kier alpha value is -2.74. The molecule has 0 N–H and O–H groups in total. The third-order valence-electron chi connectivity index (χ3n) is 3.10. The molecule has 0 radical (unpaired) electrons. The van der Waals surface area contributed by atoms with Crippen molar-refractivity contribution in [1.82, 2.24) is 9.78 Å². The van der Waals surface area contributed by atoms with Crippen LogP contribution in [0.5, 0.6) is 0 Å². The molecule has 98 valence electrons. The molecule has 20 heavy (non-hydrogen) atoms. The lowest BCUT2D eigenvalue weighted by molar-refractivity contribution is 0.581. The zero-order chi connectivity index (χ0) is 14.1. The van der Waals surface area contributed by atoms with Gasteiger partial charge >= 0.3 is 0 Å². The van der Waals surface area contributed by atoms with Crippen LogP contribution in [-0.2, 0) is 6.54 Å². The van der Waals surface area contributed by atoms with Crippen LogP contribution in [0.3, 0.4) is 0 Å². The Balaban J connectivity index is 2.18. The Morgan fingerprint density at radius 1 is 1.05 bits per heavy atom. The third kappa shape index (κ3) is 1.91. The molecule has 0 saturated heterocycles. The maximum absolute atomic E-state index is 13.9. The minimum Gasteiger partial charge on any atom is -0.256 e. The Morgan fingerprint density at radius 2 is 1.80 bits per heavy atom. The number of rotatable bonds is 2. The second kappa shape index (κ2) is 4.74. The number of hydrogen-bond donors (Lipinski definition) is 0. The molecule has 0 spiro atoms. The number of benzene rings is 2. The second-order valence-corrected chi connectivity index (χ2v) is 4.35. The summed E-state index contributed by atoms with van der Waals surface area (Å²) in [5.74, 6) is -0.862. The van der Waals surface area contributed by atoms with E-state index >= 15 is 0 Å². The summed E-state index contributed by atoms with van der Waals surface area (Å²) < 4.78 is 28.9. The van der Waals surface area contributed by atoms with E-state index in [4.69, 9.17) is 5.26 Å². The predicted molar refractivity (Wildman–Crippen MR) is 69.9 cm³/mol. The quantitative estimate of drug-likeness (QED) is 0.716. The SMILES string of the molecule is N#Cc1nn(Cc2ccccc2F)c2c(F)cccc12. The highest BCUT2D eigenvalue weighted by molar-refractivity contribution is 5.84. The van der Waals surface area contributed by atoms with Gasteiger partial charge in [0.2, 0.25) is 0 Å². The van der Waals surface area contributed by atoms with Gasteiger partial charge < -0.3 is 0 Å². The highest BCUT2D eigenvalue weighted by Crippen LogP contribution is 2.22. The van der Waals surface area contributed by atoms with E-state index in [9.17, 15) is 8.78 Å². The normalized spacial score (nSPS) is 10.7. The highest BCUT2D eigenvalue weighted by Gasteiger charge is 2.14. The molecule has 0 aliphatic rings. The number of nitrogens with zero attached hydrogens (tertiary/aromatic N) is 3. The van der Waals surface area contributed by atoms with Crippen LogP contribution in [0.25, 0.3) is 10.9 Å². The molecule has 0 unspecified atom stereocenters. The molecule has 5 heteroatoms. The average molecular weight is 269 g/mol. The van der Waals surface area contributed by atoms with E-state index in [1.54, 1.807) is 24.3 Å². The predicted octanol–water partition coefficient (Wildman–Crippen LogP) is 3.23. The fourth-order valence-electron chi connectivity index (χ4n) is 2.18. The van der Waals surface area contributed by atoms with Crippen molar-refractivity contribution >= 4 is 10.9 Å². The van der Waals surface area contributed by atoms with Gasteiger partial charge in [-0.1, -0.05) is 24.3 Å². The van der Waals surface area contributed by atoms with Gasteiger partial charge in [0.1, 0.15) is 23.2 Å². The molecule has 1 heterocycles. The van der Waals surface area contributed by atoms with Crippen molar-refractivity contribution in [2.75, 3.05) is 0 Å². The smallest absolute Gasteiger partial charge is 0.170 e. The standard InChI is InChI=1S/C15H9F2N3/c16-12-6-2-1-4-10(12)9-20-15-11(14(8-18)19-20)5-3-7-13(15)17/h1-7H,9H2. The van der Waals surface area contributed by atoms with Crippen LogP contribution >= 0.6 is 0 Å². The molecule has 0 aliphatic carbocycles. The van der Waals surface area contributed by atoms with Gasteiger partial charge in [0.25, 0.3) is 0 Å². The summed E-state index contributed by atoms with van der Waals surface area (Å²) in [4.78, 5) is 0. The van der Waals surface area contributed by atoms with Gasteiger partial charge in [-0.2, -0.15) is 10.4 Å². The van der Waals surface area contributed by atoms with Crippen LogP contribution in [-0.4, -0.2) is 9.78 Å². The van der Waals surface area contributed by atoms with Gasteiger partial charge in [-0.15, -0.1) is 0 Å². The van der Waals surface area contributed by atoms with Gasteiger partial charge in [-0.25, -0.2) is 8.78 Å². The van der Waals surface area contributed by atoms with Gasteiger partial charge in [-0.3, -0.25) is 4.68 Å². The van der Waals surface area contributed by atoms with E-state index in [1.807, 2.05) is 6.07 Å². The number of fused-ring (bicyclic) bond motifs is 1. The summed E-state index contributed by atoms with van der Waals surface area (Å²) in [5.41, 5.74) is 0.743. The third-order valence-corrected chi connectivity index (χ3v) is 3.10. The van der Waals surface area contributed by atoms with Crippen molar-refractivity contribution < 1.29 is 8.78 Å². The summed E-state index contributed by atoms with van der Waals surface area (Å²) in [6, 6.07) is 12.6. The summed E-state index contributed by atoms with van der Waals surface area (Å²) in [5, 5.41) is 13.5. The van der Waals surface area contributed by atoms with Crippen molar-refractivity contribution in [3.05, 3.63) is 65.4 Å². The molecule has 3 aromatic rings. The first kappa shape index (κ1) is 12.3. The van der Waals surface area contributed by atoms with Crippen LogP contribution in [0.2, 0.25) is 0 Å². The first-order chi connectivity index (χ1) is 9.70. The van der Waals surface area contributed by atoms with Crippen LogP contribution in [0.4, 0.5) is 8.78 Å². The van der Waals surface area contributed by atoms with Gasteiger partial charge in [0.05, 0.1) is 6.54 Å². The van der Waals surface area contributed by atoms with Gasteiger partial charge in [0, 0.05) is 10.9 Å². The lowest BCUT2D eigenvalue weighted by atomic mass is 10.2. The lowest BCUT2D eigenvalue weighted by Gasteiger charge is -2.05. The Morgan fingerprint density at radius 3 is 2.55 bits per heavy atom. The minimum absolute atomic E-state index is 0.0752. The lowest BCUT2D eigenvalue weighted by Crippen LogP contribution is -2.04. The number of nitriles is 1. The minimum atomic E-state index is -0.479. The Bertz CT molecular complexity index is 831. The van der Waals surface area contributed by atoms with E-state index in [-0.39, 0.29) is 23.6 Å². The van der Waals surface area contributed by atoms with Crippen LogP contribution < -0.4 is 0 Å². The van der Waals surface area contributed by atoms with E-state index in [1.165, 1.54) is 22.9 Å². The van der Waals surface area contributed by atoms with Gasteiger partial charge in [0.15, 0.2) is 5.69 Å². The van der Waals surface area contributed by atoms with Crippen molar-refractivity contribution in [3.63, 3.8) is 0 Å². The van der Waals surface area contributed by atoms with Crippen LogP contribution in [0.1, 0.15) is 11.3 Å². The molecule has 2 aromatic carbocycles. The molecule has 3 rings (SSSR count). The fourth-order valence-corrected chi connectivity index (χ4v) is 2.18. The fraction of sp³-hybridized carbons (Fsp3) is 0.0667. The summed E-state index contributed by atoms with van der Waals surface area (Å²) in [7, 11) is 0. The molecule has 0 saturated carbocycles. The van der Waals surface area contributed by atoms with E-state index in [2.05, 4.69) is 5.10 Å². The zero-order valence-corrected chi connectivity index (χ0v) is 10.3. The highest BCUT2D eigenvalue weighted by atomic mass is 19.1. The van der Waals surface area contributed by atoms with E-state index in [0.29, 0.717) is 10.9 Å². The molecule has 3 nitrogen and oxygen atoms in total. The molecule has 0 atom stereocenters. The molecule has 0 aliphatic heterocycles. The van der Waals surface area contributed by atoms with Crippen LogP contribution in [0.15, 0.2) is 42.5 Å². The maximum atomic E-state index is 13.9. The van der Waals surface area contributed by atoms with Gasteiger partial charge in [-0.05, 0) is 18.2 Å². The van der Waals surface area contributed by atoms with Crippen LogP contribution in [0, 0.1) is 23.0 Å². The van der Waals surface area contributed by atoms with E-state index < -0.39 is 5.82 Å². The number of hydrogen-bond acceptors (Lipinski definition) is 2. The molecule has 0 bridgehead atoms. The molecule has 0 fully saturated rings. The Labute approximate surface area is 113 Å². The summed E-state index contributed by atoms with van der Waals surface area (Å²) >= 11 is 0.